The number of aliphatic hydroxyl groups is 2. The highest BCUT2D eigenvalue weighted by Crippen LogP contribution is 2.23. The van der Waals surface area contributed by atoms with Crippen molar-refractivity contribution in [3.05, 3.63) is 34.9 Å². The lowest BCUT2D eigenvalue weighted by Gasteiger charge is -2.36. The van der Waals surface area contributed by atoms with E-state index in [0.717, 1.165) is 38.0 Å². The van der Waals surface area contributed by atoms with Crippen LogP contribution < -0.4 is 0 Å². The molecule has 106 valence electrons. The van der Waals surface area contributed by atoms with E-state index in [0.29, 0.717) is 11.4 Å². The highest BCUT2D eigenvalue weighted by molar-refractivity contribution is 6.30. The molecule has 1 aliphatic heterocycles. The lowest BCUT2D eigenvalue weighted by atomic mass is 9.93. The Morgan fingerprint density at radius 1 is 1.26 bits per heavy atom. The predicted octanol–water partition coefficient (Wildman–Crippen LogP) is 2.61. The first-order valence-electron chi connectivity index (χ1n) is 6.84. The summed E-state index contributed by atoms with van der Waals surface area (Å²) >= 11 is 5.83. The molecule has 1 heterocycles. The van der Waals surface area contributed by atoms with E-state index in [2.05, 4.69) is 4.90 Å². The van der Waals surface area contributed by atoms with Crippen LogP contribution in [0.25, 0.3) is 0 Å². The maximum absolute atomic E-state index is 10.1. The molecule has 3 nitrogen and oxygen atoms in total. The van der Waals surface area contributed by atoms with Gasteiger partial charge in [0.15, 0.2) is 0 Å². The monoisotopic (exact) mass is 283 g/mol. The molecule has 2 N–H and O–H groups in total. The maximum Gasteiger partial charge on any atom is 0.0802 e. The Bertz CT molecular complexity index is 395. The number of aliphatic hydroxyl groups excluding tert-OH is 1. The highest BCUT2D eigenvalue weighted by atomic mass is 35.5. The van der Waals surface area contributed by atoms with Gasteiger partial charge in [0.1, 0.15) is 0 Å². The van der Waals surface area contributed by atoms with Gasteiger partial charge in [-0.05, 0) is 43.9 Å². The first-order valence-corrected chi connectivity index (χ1v) is 7.22. The van der Waals surface area contributed by atoms with Crippen molar-refractivity contribution in [3.8, 4) is 0 Å². The van der Waals surface area contributed by atoms with E-state index in [1.54, 1.807) is 12.1 Å². The van der Waals surface area contributed by atoms with Crippen molar-refractivity contribution in [2.45, 2.75) is 37.9 Å². The van der Waals surface area contributed by atoms with Gasteiger partial charge in [0, 0.05) is 24.7 Å². The van der Waals surface area contributed by atoms with E-state index in [4.69, 9.17) is 11.6 Å². The summed E-state index contributed by atoms with van der Waals surface area (Å²) in [4.78, 5) is 2.30. The quantitative estimate of drug-likeness (QED) is 0.893. The predicted molar refractivity (Wildman–Crippen MR) is 77.3 cm³/mol. The van der Waals surface area contributed by atoms with Crippen LogP contribution in [-0.2, 0) is 0 Å². The molecule has 0 aromatic heterocycles. The number of piperidine rings is 1. The van der Waals surface area contributed by atoms with Crippen LogP contribution >= 0.6 is 11.6 Å². The summed E-state index contributed by atoms with van der Waals surface area (Å²) in [5.41, 5.74) is 0.402. The molecule has 4 heteroatoms. The zero-order valence-electron chi connectivity index (χ0n) is 11.3. The van der Waals surface area contributed by atoms with Crippen LogP contribution in [0.4, 0.5) is 0 Å². The number of likely N-dealkylation sites (tertiary alicyclic amines) is 1. The molecule has 2 rings (SSSR count). The average Bonchev–Trinajstić information content (AvgIpc) is 2.38. The van der Waals surface area contributed by atoms with E-state index in [-0.39, 0.29) is 0 Å². The lowest BCUT2D eigenvalue weighted by Crippen LogP contribution is -2.42. The number of hydrogen-bond acceptors (Lipinski definition) is 3. The summed E-state index contributed by atoms with van der Waals surface area (Å²) in [7, 11) is 0. The third-order valence-electron chi connectivity index (χ3n) is 3.91. The summed E-state index contributed by atoms with van der Waals surface area (Å²) in [5.74, 6) is 0. The molecular weight excluding hydrogens is 262 g/mol. The Balaban J connectivity index is 1.78. The number of halogens is 1. The number of hydrogen-bond donors (Lipinski definition) is 2. The third kappa shape index (κ3) is 4.46. The van der Waals surface area contributed by atoms with Crippen molar-refractivity contribution in [3.63, 3.8) is 0 Å². The molecule has 1 saturated heterocycles. The first-order chi connectivity index (χ1) is 8.96. The minimum Gasteiger partial charge on any atom is -0.390 e. The van der Waals surface area contributed by atoms with Crippen molar-refractivity contribution in [2.75, 3.05) is 19.6 Å². The van der Waals surface area contributed by atoms with Gasteiger partial charge >= 0.3 is 0 Å². The van der Waals surface area contributed by atoms with E-state index in [1.165, 1.54) is 0 Å². The van der Waals surface area contributed by atoms with Crippen LogP contribution in [0.2, 0.25) is 5.02 Å². The molecule has 1 unspecified atom stereocenters. The zero-order valence-corrected chi connectivity index (χ0v) is 12.1. The normalized spacial score (nSPS) is 21.3. The SMILES string of the molecule is CC1(O)CCN(CCC(O)c2ccc(Cl)cc2)CC1. The molecule has 1 aromatic rings. The lowest BCUT2D eigenvalue weighted by molar-refractivity contribution is -0.00813. The molecule has 1 atom stereocenters. The maximum atomic E-state index is 10.1. The van der Waals surface area contributed by atoms with Gasteiger partial charge in [0.25, 0.3) is 0 Å². The Morgan fingerprint density at radius 2 is 1.84 bits per heavy atom. The number of rotatable bonds is 4. The second kappa shape index (κ2) is 6.23. The second-order valence-corrected chi connectivity index (χ2v) is 6.13. The Labute approximate surface area is 119 Å². The standard InChI is InChI=1S/C15H22ClNO2/c1-15(19)7-10-17(11-8-15)9-6-14(18)12-2-4-13(16)5-3-12/h2-5,14,18-19H,6-11H2,1H3. The fraction of sp³-hybridized carbons (Fsp3) is 0.600. The molecule has 0 bridgehead atoms. The van der Waals surface area contributed by atoms with Crippen LogP contribution in [0.5, 0.6) is 0 Å². The van der Waals surface area contributed by atoms with Gasteiger partial charge in [-0.15, -0.1) is 0 Å². The molecule has 0 spiro atoms. The fourth-order valence-electron chi connectivity index (χ4n) is 2.41. The van der Waals surface area contributed by atoms with Crippen molar-refractivity contribution in [1.29, 1.82) is 0 Å². The largest absolute Gasteiger partial charge is 0.390 e. The van der Waals surface area contributed by atoms with Gasteiger partial charge in [0.05, 0.1) is 11.7 Å². The van der Waals surface area contributed by atoms with Crippen LogP contribution in [0.3, 0.4) is 0 Å². The summed E-state index contributed by atoms with van der Waals surface area (Å²) in [6.07, 6.45) is 1.89. The van der Waals surface area contributed by atoms with Crippen molar-refractivity contribution in [2.24, 2.45) is 0 Å². The summed E-state index contributed by atoms with van der Waals surface area (Å²) in [6, 6.07) is 7.35. The van der Waals surface area contributed by atoms with Gasteiger partial charge in [-0.25, -0.2) is 0 Å². The van der Waals surface area contributed by atoms with Crippen LogP contribution in [0, 0.1) is 0 Å². The van der Waals surface area contributed by atoms with Gasteiger partial charge in [-0.3, -0.25) is 0 Å². The van der Waals surface area contributed by atoms with E-state index >= 15 is 0 Å². The number of benzene rings is 1. The fourth-order valence-corrected chi connectivity index (χ4v) is 2.54. The topological polar surface area (TPSA) is 43.7 Å². The van der Waals surface area contributed by atoms with Gasteiger partial charge in [0.2, 0.25) is 0 Å². The van der Waals surface area contributed by atoms with E-state index in [1.807, 2.05) is 19.1 Å². The van der Waals surface area contributed by atoms with Crippen LogP contribution in [-0.4, -0.2) is 40.3 Å². The molecule has 0 amide bonds. The Hall–Kier alpha value is -0.610. The van der Waals surface area contributed by atoms with Crippen molar-refractivity contribution >= 4 is 11.6 Å². The molecule has 1 aliphatic rings. The zero-order chi connectivity index (χ0) is 13.9. The second-order valence-electron chi connectivity index (χ2n) is 5.69. The molecule has 0 aliphatic carbocycles. The molecule has 19 heavy (non-hydrogen) atoms. The highest BCUT2D eigenvalue weighted by Gasteiger charge is 2.27. The van der Waals surface area contributed by atoms with Gasteiger partial charge < -0.3 is 15.1 Å². The molecule has 0 saturated carbocycles. The Kier molecular flexibility index (Phi) is 4.85. The average molecular weight is 284 g/mol. The van der Waals surface area contributed by atoms with Crippen LogP contribution in [0.1, 0.15) is 37.9 Å². The molecule has 1 aromatic carbocycles. The van der Waals surface area contributed by atoms with Crippen molar-refractivity contribution < 1.29 is 10.2 Å². The third-order valence-corrected chi connectivity index (χ3v) is 4.16. The molecular formula is C15H22ClNO2. The summed E-state index contributed by atoms with van der Waals surface area (Å²) in [6.45, 7) is 4.56. The van der Waals surface area contributed by atoms with Gasteiger partial charge in [-0.1, -0.05) is 23.7 Å². The van der Waals surface area contributed by atoms with E-state index < -0.39 is 11.7 Å². The molecule has 1 fully saturated rings. The minimum atomic E-state index is -0.509. The molecule has 0 radical (unpaired) electrons. The van der Waals surface area contributed by atoms with Crippen molar-refractivity contribution in [1.82, 2.24) is 4.90 Å². The number of nitrogens with zero attached hydrogens (tertiary/aromatic N) is 1. The first kappa shape index (κ1) is 14.8. The van der Waals surface area contributed by atoms with E-state index in [9.17, 15) is 10.2 Å². The van der Waals surface area contributed by atoms with Gasteiger partial charge in [-0.2, -0.15) is 0 Å². The minimum absolute atomic E-state index is 0.445. The smallest absolute Gasteiger partial charge is 0.0802 e. The Morgan fingerprint density at radius 3 is 2.42 bits per heavy atom. The summed E-state index contributed by atoms with van der Waals surface area (Å²) in [5, 5.41) is 20.7. The van der Waals surface area contributed by atoms with Crippen LogP contribution in [0.15, 0.2) is 24.3 Å². The summed E-state index contributed by atoms with van der Waals surface area (Å²) < 4.78 is 0.